The van der Waals surface area contributed by atoms with Crippen molar-refractivity contribution in [2.45, 2.75) is 31.7 Å². The number of nitrogens with zero attached hydrogens (tertiary/aromatic N) is 2. The van der Waals surface area contributed by atoms with Gasteiger partial charge in [-0.25, -0.2) is 8.42 Å². The van der Waals surface area contributed by atoms with Crippen LogP contribution in [-0.2, 0) is 15.6 Å². The predicted octanol–water partition coefficient (Wildman–Crippen LogP) is 1.53. The van der Waals surface area contributed by atoms with Crippen LogP contribution in [0.2, 0.25) is 0 Å². The fraction of sp³-hybridized carbons (Fsp3) is 0.571. The first kappa shape index (κ1) is 10.5. The average Bonchev–Trinajstić information content (AvgIpc) is 2.30. The molecule has 0 aliphatic heterocycles. The number of rotatable bonds is 3. The summed E-state index contributed by atoms with van der Waals surface area (Å²) in [7, 11) is 1.55. The van der Waals surface area contributed by atoms with Crippen LogP contribution in [0.25, 0.3) is 0 Å². The van der Waals surface area contributed by atoms with E-state index in [0.29, 0.717) is 12.2 Å². The highest BCUT2D eigenvalue weighted by molar-refractivity contribution is 8.13. The van der Waals surface area contributed by atoms with E-state index in [1.807, 2.05) is 6.92 Å². The third kappa shape index (κ3) is 2.45. The van der Waals surface area contributed by atoms with E-state index in [1.165, 1.54) is 6.20 Å². The van der Waals surface area contributed by atoms with Crippen LogP contribution in [0, 0.1) is 6.92 Å². The molecule has 0 spiro atoms. The molecule has 1 heterocycles. The monoisotopic (exact) mass is 222 g/mol. The minimum absolute atomic E-state index is 0.0996. The van der Waals surface area contributed by atoms with Gasteiger partial charge in [0, 0.05) is 23.4 Å². The average molecular weight is 223 g/mol. The second-order valence-corrected chi connectivity index (χ2v) is 5.31. The number of aromatic nitrogens is 2. The van der Waals surface area contributed by atoms with Crippen LogP contribution in [0.1, 0.15) is 19.0 Å². The molecule has 1 aromatic heterocycles. The molecule has 0 saturated heterocycles. The van der Waals surface area contributed by atoms with Gasteiger partial charge in [0.05, 0.1) is 5.69 Å². The van der Waals surface area contributed by atoms with E-state index in [4.69, 9.17) is 10.7 Å². The van der Waals surface area contributed by atoms with Gasteiger partial charge in [-0.1, -0.05) is 6.92 Å². The van der Waals surface area contributed by atoms with E-state index in [2.05, 4.69) is 5.10 Å². The Balaban J connectivity index is 3.11. The summed E-state index contributed by atoms with van der Waals surface area (Å²) in [5, 5.41) is 4.02. The first-order valence-corrected chi connectivity index (χ1v) is 6.24. The van der Waals surface area contributed by atoms with E-state index in [9.17, 15) is 8.42 Å². The smallest absolute Gasteiger partial charge is 0.264 e. The Morgan fingerprint density at radius 1 is 1.62 bits per heavy atom. The standard InChI is InChI=1S/C7H11ClN2O2S/c1-3-4-10-5-7(6(2)9-10)13(8,11)12/h5H,3-4H2,1-2H3. The fourth-order valence-electron chi connectivity index (χ4n) is 1.08. The Kier molecular flexibility index (Phi) is 2.98. The van der Waals surface area contributed by atoms with Gasteiger partial charge in [-0.3, -0.25) is 4.68 Å². The maximum absolute atomic E-state index is 11.0. The molecule has 1 rings (SSSR count). The van der Waals surface area contributed by atoms with Crippen LogP contribution < -0.4 is 0 Å². The van der Waals surface area contributed by atoms with Crippen molar-refractivity contribution in [1.82, 2.24) is 9.78 Å². The molecule has 74 valence electrons. The van der Waals surface area contributed by atoms with Crippen molar-refractivity contribution in [3.05, 3.63) is 11.9 Å². The lowest BCUT2D eigenvalue weighted by Crippen LogP contribution is -1.96. The minimum Gasteiger partial charge on any atom is -0.271 e. The molecule has 0 fully saturated rings. The van der Waals surface area contributed by atoms with Gasteiger partial charge in [0.1, 0.15) is 4.90 Å². The van der Waals surface area contributed by atoms with E-state index >= 15 is 0 Å². The molecule has 0 unspecified atom stereocenters. The molecule has 0 saturated carbocycles. The molecule has 0 aliphatic carbocycles. The molecule has 0 radical (unpaired) electrons. The summed E-state index contributed by atoms with van der Waals surface area (Å²) in [6.45, 7) is 4.32. The molecule has 0 aromatic carbocycles. The van der Waals surface area contributed by atoms with Gasteiger partial charge in [-0.2, -0.15) is 5.10 Å². The zero-order valence-corrected chi connectivity index (χ0v) is 9.06. The van der Waals surface area contributed by atoms with Crippen molar-refractivity contribution in [3.63, 3.8) is 0 Å². The highest BCUT2D eigenvalue weighted by Gasteiger charge is 2.16. The molecule has 0 bridgehead atoms. The lowest BCUT2D eigenvalue weighted by Gasteiger charge is -1.93. The summed E-state index contributed by atoms with van der Waals surface area (Å²) in [6, 6.07) is 0. The molecule has 13 heavy (non-hydrogen) atoms. The van der Waals surface area contributed by atoms with Gasteiger partial charge in [0.25, 0.3) is 9.05 Å². The number of halogens is 1. The largest absolute Gasteiger partial charge is 0.271 e. The van der Waals surface area contributed by atoms with Crippen LogP contribution in [0.5, 0.6) is 0 Å². The van der Waals surface area contributed by atoms with Crippen molar-refractivity contribution in [2.24, 2.45) is 0 Å². The van der Waals surface area contributed by atoms with Gasteiger partial charge in [-0.05, 0) is 13.3 Å². The summed E-state index contributed by atoms with van der Waals surface area (Å²) in [6.07, 6.45) is 2.37. The Bertz CT molecular complexity index is 397. The summed E-state index contributed by atoms with van der Waals surface area (Å²) >= 11 is 0. The first-order chi connectivity index (χ1) is 5.95. The zero-order valence-electron chi connectivity index (χ0n) is 7.49. The first-order valence-electron chi connectivity index (χ1n) is 3.94. The quantitative estimate of drug-likeness (QED) is 0.729. The Hall–Kier alpha value is -0.550. The molecular weight excluding hydrogens is 212 g/mol. The molecule has 1 aromatic rings. The van der Waals surface area contributed by atoms with Crippen LogP contribution in [0.15, 0.2) is 11.1 Å². The van der Waals surface area contributed by atoms with Crippen LogP contribution in [0.4, 0.5) is 0 Å². The molecule has 0 amide bonds. The highest BCUT2D eigenvalue weighted by Crippen LogP contribution is 2.17. The van der Waals surface area contributed by atoms with Crippen molar-refractivity contribution in [1.29, 1.82) is 0 Å². The van der Waals surface area contributed by atoms with Crippen LogP contribution in [0.3, 0.4) is 0 Å². The molecule has 0 aliphatic rings. The Morgan fingerprint density at radius 3 is 2.62 bits per heavy atom. The fourth-order valence-corrected chi connectivity index (χ4v) is 2.18. The second kappa shape index (κ2) is 3.67. The summed E-state index contributed by atoms with van der Waals surface area (Å²) in [4.78, 5) is 0.0996. The molecule has 6 heteroatoms. The normalized spacial score (nSPS) is 11.9. The van der Waals surface area contributed by atoms with Crippen molar-refractivity contribution < 1.29 is 8.42 Å². The van der Waals surface area contributed by atoms with Gasteiger partial charge < -0.3 is 0 Å². The van der Waals surface area contributed by atoms with E-state index < -0.39 is 9.05 Å². The lowest BCUT2D eigenvalue weighted by atomic mass is 10.5. The zero-order chi connectivity index (χ0) is 10.1. The predicted molar refractivity (Wildman–Crippen MR) is 50.3 cm³/mol. The maximum atomic E-state index is 11.0. The van der Waals surface area contributed by atoms with Gasteiger partial charge in [0.2, 0.25) is 0 Å². The topological polar surface area (TPSA) is 52.0 Å². The van der Waals surface area contributed by atoms with Crippen molar-refractivity contribution >= 4 is 19.7 Å². The second-order valence-electron chi connectivity index (χ2n) is 2.78. The van der Waals surface area contributed by atoms with E-state index in [0.717, 1.165) is 6.42 Å². The molecule has 0 N–H and O–H groups in total. The van der Waals surface area contributed by atoms with Gasteiger partial charge >= 0.3 is 0 Å². The summed E-state index contributed by atoms with van der Waals surface area (Å²) in [5.41, 5.74) is 0.448. The number of hydrogen-bond donors (Lipinski definition) is 0. The number of aryl methyl sites for hydroxylation is 2. The van der Waals surface area contributed by atoms with Gasteiger partial charge in [-0.15, -0.1) is 0 Å². The summed E-state index contributed by atoms with van der Waals surface area (Å²) < 4.78 is 23.6. The third-order valence-electron chi connectivity index (χ3n) is 1.62. The minimum atomic E-state index is -3.64. The third-order valence-corrected chi connectivity index (χ3v) is 3.04. The van der Waals surface area contributed by atoms with Crippen molar-refractivity contribution in [2.75, 3.05) is 0 Å². The van der Waals surface area contributed by atoms with Gasteiger partial charge in [0.15, 0.2) is 0 Å². The van der Waals surface area contributed by atoms with Crippen LogP contribution >= 0.6 is 10.7 Å². The summed E-state index contributed by atoms with van der Waals surface area (Å²) in [5.74, 6) is 0. The Labute approximate surface area is 81.9 Å². The molecular formula is C7H11ClN2O2S. The molecule has 4 nitrogen and oxygen atoms in total. The maximum Gasteiger partial charge on any atom is 0.264 e. The van der Waals surface area contributed by atoms with E-state index in [1.54, 1.807) is 11.6 Å². The van der Waals surface area contributed by atoms with E-state index in [-0.39, 0.29) is 4.90 Å². The van der Waals surface area contributed by atoms with Crippen molar-refractivity contribution in [3.8, 4) is 0 Å². The SMILES string of the molecule is CCCn1cc(S(=O)(=O)Cl)c(C)n1. The Morgan fingerprint density at radius 2 is 2.23 bits per heavy atom. The van der Waals surface area contributed by atoms with Crippen LogP contribution in [-0.4, -0.2) is 18.2 Å². The molecule has 0 atom stereocenters. The lowest BCUT2D eigenvalue weighted by molar-refractivity contribution is 0.596. The highest BCUT2D eigenvalue weighted by atomic mass is 35.7. The number of hydrogen-bond acceptors (Lipinski definition) is 3.